The van der Waals surface area contributed by atoms with Gasteiger partial charge in [0, 0.05) is 5.56 Å². The zero-order valence-corrected chi connectivity index (χ0v) is 14.1. The van der Waals surface area contributed by atoms with Crippen LogP contribution in [0.5, 0.6) is 5.75 Å². The van der Waals surface area contributed by atoms with E-state index in [1.54, 1.807) is 12.1 Å². The van der Waals surface area contributed by atoms with Gasteiger partial charge < -0.3 is 4.74 Å². The Hall–Kier alpha value is -1.83. The van der Waals surface area contributed by atoms with E-state index >= 15 is 0 Å². The fraction of sp³-hybridized carbons (Fsp3) is 0.455. The van der Waals surface area contributed by atoms with E-state index in [2.05, 4.69) is 12.1 Å². The zero-order valence-electron chi connectivity index (χ0n) is 14.1. The molecule has 0 heterocycles. The Morgan fingerprint density at radius 1 is 0.917 bits per heavy atom. The third-order valence-electron chi connectivity index (χ3n) is 5.76. The van der Waals surface area contributed by atoms with Crippen molar-refractivity contribution in [3.05, 3.63) is 65.5 Å². The topological polar surface area (TPSA) is 9.23 Å². The predicted octanol–water partition coefficient (Wildman–Crippen LogP) is 6.09. The van der Waals surface area contributed by atoms with Crippen molar-refractivity contribution in [1.82, 2.24) is 0 Å². The summed E-state index contributed by atoms with van der Waals surface area (Å²) in [6, 6.07) is 15.2. The molecule has 2 aliphatic carbocycles. The molecule has 126 valence electrons. The molecule has 0 N–H and O–H groups in total. The summed E-state index contributed by atoms with van der Waals surface area (Å²) in [6.45, 7) is 0.278. The molecule has 2 aliphatic rings. The Bertz CT molecular complexity index is 673. The fourth-order valence-electron chi connectivity index (χ4n) is 4.27. The van der Waals surface area contributed by atoms with Crippen molar-refractivity contribution < 1.29 is 9.13 Å². The van der Waals surface area contributed by atoms with Crippen LogP contribution in [-0.4, -0.2) is 0 Å². The summed E-state index contributed by atoms with van der Waals surface area (Å²) >= 11 is 0. The van der Waals surface area contributed by atoms with Gasteiger partial charge in [-0.25, -0.2) is 4.39 Å². The number of hydrogen-bond acceptors (Lipinski definition) is 1. The maximum absolute atomic E-state index is 13.6. The Kier molecular flexibility index (Phi) is 4.55. The van der Waals surface area contributed by atoms with E-state index in [0.717, 1.165) is 23.5 Å². The van der Waals surface area contributed by atoms with E-state index in [9.17, 15) is 4.39 Å². The van der Waals surface area contributed by atoms with E-state index in [1.165, 1.54) is 50.2 Å². The van der Waals surface area contributed by atoms with Gasteiger partial charge in [0.2, 0.25) is 0 Å². The van der Waals surface area contributed by atoms with Crippen molar-refractivity contribution in [2.45, 2.75) is 51.0 Å². The summed E-state index contributed by atoms with van der Waals surface area (Å²) < 4.78 is 19.3. The van der Waals surface area contributed by atoms with Crippen LogP contribution in [-0.2, 0) is 6.61 Å². The Balaban J connectivity index is 1.33. The summed E-state index contributed by atoms with van der Waals surface area (Å²) in [5, 5.41) is 0. The first-order valence-corrected chi connectivity index (χ1v) is 9.27. The molecule has 2 aromatic rings. The second-order valence-electron chi connectivity index (χ2n) is 7.35. The lowest BCUT2D eigenvalue weighted by atomic mass is 9.84. The molecule has 0 saturated heterocycles. The fourth-order valence-corrected chi connectivity index (χ4v) is 4.27. The lowest BCUT2D eigenvalue weighted by molar-refractivity contribution is 0.299. The van der Waals surface area contributed by atoms with Gasteiger partial charge in [-0.15, -0.1) is 0 Å². The second kappa shape index (κ2) is 6.96. The smallest absolute Gasteiger partial charge is 0.129 e. The molecule has 2 aromatic carbocycles. The molecule has 0 amide bonds. The van der Waals surface area contributed by atoms with Gasteiger partial charge >= 0.3 is 0 Å². The van der Waals surface area contributed by atoms with Crippen LogP contribution in [0.15, 0.2) is 48.5 Å². The molecule has 2 atom stereocenters. The molecule has 0 spiro atoms. The molecular weight excluding hydrogens is 299 g/mol. The highest BCUT2D eigenvalue weighted by atomic mass is 19.1. The minimum absolute atomic E-state index is 0.206. The minimum Gasteiger partial charge on any atom is -0.489 e. The van der Waals surface area contributed by atoms with E-state index in [0.29, 0.717) is 5.56 Å². The quantitative estimate of drug-likeness (QED) is 0.647. The summed E-state index contributed by atoms with van der Waals surface area (Å²) in [5.41, 5.74) is 2.05. The van der Waals surface area contributed by atoms with Gasteiger partial charge in [0.05, 0.1) is 0 Å². The van der Waals surface area contributed by atoms with Crippen LogP contribution in [0.25, 0.3) is 0 Å². The number of benzene rings is 2. The van der Waals surface area contributed by atoms with Gasteiger partial charge in [-0.05, 0) is 47.9 Å². The van der Waals surface area contributed by atoms with Crippen molar-refractivity contribution in [3.63, 3.8) is 0 Å². The van der Waals surface area contributed by atoms with Crippen LogP contribution < -0.4 is 4.74 Å². The van der Waals surface area contributed by atoms with Gasteiger partial charge in [-0.2, -0.15) is 0 Å². The van der Waals surface area contributed by atoms with Crippen molar-refractivity contribution in [3.8, 4) is 5.75 Å². The highest BCUT2D eigenvalue weighted by Gasteiger charge is 2.43. The van der Waals surface area contributed by atoms with Gasteiger partial charge in [-0.3, -0.25) is 0 Å². The third kappa shape index (κ3) is 3.48. The molecule has 1 nitrogen and oxygen atoms in total. The maximum Gasteiger partial charge on any atom is 0.129 e. The van der Waals surface area contributed by atoms with Gasteiger partial charge in [0.15, 0.2) is 0 Å². The van der Waals surface area contributed by atoms with Gasteiger partial charge in [0.1, 0.15) is 18.2 Å². The van der Waals surface area contributed by atoms with Crippen molar-refractivity contribution in [2.75, 3.05) is 0 Å². The van der Waals surface area contributed by atoms with E-state index in [-0.39, 0.29) is 12.4 Å². The van der Waals surface area contributed by atoms with Gasteiger partial charge in [0.25, 0.3) is 0 Å². The predicted molar refractivity (Wildman–Crippen MR) is 94.6 cm³/mol. The summed E-state index contributed by atoms with van der Waals surface area (Å²) in [6.07, 6.45) is 8.52. The van der Waals surface area contributed by atoms with Crippen LogP contribution in [0.3, 0.4) is 0 Å². The zero-order chi connectivity index (χ0) is 16.4. The van der Waals surface area contributed by atoms with Crippen LogP contribution in [0, 0.1) is 17.7 Å². The first-order valence-electron chi connectivity index (χ1n) is 9.27. The standard InChI is InChI=1S/C22H25FO/c23-22-9-5-4-8-18(22)15-24-19-12-10-17(11-13-19)21-14-20(21)16-6-2-1-3-7-16/h4-5,8-13,16,20-21H,1-3,6-7,14-15H2/t20-,21-/m0/s1. The van der Waals surface area contributed by atoms with Crippen molar-refractivity contribution >= 4 is 0 Å². The molecular formula is C22H25FO. The first-order chi connectivity index (χ1) is 11.8. The molecule has 0 aliphatic heterocycles. The first kappa shape index (κ1) is 15.7. The molecule has 24 heavy (non-hydrogen) atoms. The maximum atomic E-state index is 13.6. The summed E-state index contributed by atoms with van der Waals surface area (Å²) in [4.78, 5) is 0. The van der Waals surface area contributed by atoms with Crippen LogP contribution in [0.2, 0.25) is 0 Å². The lowest BCUT2D eigenvalue weighted by Gasteiger charge is -2.21. The third-order valence-corrected chi connectivity index (χ3v) is 5.76. The molecule has 0 unspecified atom stereocenters. The molecule has 4 rings (SSSR count). The molecule has 2 saturated carbocycles. The van der Waals surface area contributed by atoms with Crippen molar-refractivity contribution in [1.29, 1.82) is 0 Å². The van der Waals surface area contributed by atoms with E-state index in [1.807, 2.05) is 18.2 Å². The SMILES string of the molecule is Fc1ccccc1COc1ccc([C@@H]2C[C@H]2C2CCCCC2)cc1. The summed E-state index contributed by atoms with van der Waals surface area (Å²) in [5.74, 6) is 3.24. The molecule has 0 radical (unpaired) electrons. The molecule has 2 fully saturated rings. The number of halogens is 1. The normalized spacial score (nSPS) is 23.9. The van der Waals surface area contributed by atoms with Crippen LogP contribution in [0.4, 0.5) is 4.39 Å². The lowest BCUT2D eigenvalue weighted by Crippen LogP contribution is -2.09. The average molecular weight is 324 g/mol. The number of ether oxygens (including phenoxy) is 1. The monoisotopic (exact) mass is 324 g/mol. The highest BCUT2D eigenvalue weighted by molar-refractivity contribution is 5.33. The highest BCUT2D eigenvalue weighted by Crippen LogP contribution is 2.55. The minimum atomic E-state index is -0.206. The van der Waals surface area contributed by atoms with Crippen molar-refractivity contribution in [2.24, 2.45) is 11.8 Å². The molecule has 2 heteroatoms. The van der Waals surface area contributed by atoms with Crippen LogP contribution >= 0.6 is 0 Å². The Morgan fingerprint density at radius 2 is 1.67 bits per heavy atom. The average Bonchev–Trinajstić information content (AvgIpc) is 3.43. The second-order valence-corrected chi connectivity index (χ2v) is 7.35. The largest absolute Gasteiger partial charge is 0.489 e. The molecule has 0 bridgehead atoms. The number of hydrogen-bond donors (Lipinski definition) is 0. The number of rotatable bonds is 5. The summed E-state index contributed by atoms with van der Waals surface area (Å²) in [7, 11) is 0. The van der Waals surface area contributed by atoms with Gasteiger partial charge in [-0.1, -0.05) is 62.4 Å². The Morgan fingerprint density at radius 3 is 2.42 bits per heavy atom. The van der Waals surface area contributed by atoms with Crippen LogP contribution in [0.1, 0.15) is 55.6 Å². The Labute approximate surface area is 143 Å². The van der Waals surface area contributed by atoms with E-state index in [4.69, 9.17) is 4.74 Å². The van der Waals surface area contributed by atoms with E-state index < -0.39 is 0 Å². The molecule has 0 aromatic heterocycles.